The Balaban J connectivity index is 1.57. The fourth-order valence-corrected chi connectivity index (χ4v) is 3.34. The van der Waals surface area contributed by atoms with E-state index in [4.69, 9.17) is 10.3 Å². The van der Waals surface area contributed by atoms with Gasteiger partial charge in [0.15, 0.2) is 5.82 Å². The molecule has 3 aromatic heterocycles. The SMILES string of the molecule is CC(NC(=O)CSc1nnc(-c2cccs2)n1N)c1ccco1. The van der Waals surface area contributed by atoms with E-state index in [0.29, 0.717) is 16.7 Å². The van der Waals surface area contributed by atoms with Crippen LogP contribution >= 0.6 is 23.1 Å². The van der Waals surface area contributed by atoms with Crippen LogP contribution in [0.4, 0.5) is 0 Å². The standard InChI is InChI=1S/C14H15N5O2S2/c1-9(10-4-2-6-21-10)16-12(20)8-23-14-18-17-13(19(14)15)11-5-3-7-22-11/h2-7,9H,8,15H2,1H3,(H,16,20). The summed E-state index contributed by atoms with van der Waals surface area (Å²) in [7, 11) is 0. The zero-order chi connectivity index (χ0) is 16.2. The van der Waals surface area contributed by atoms with Crippen LogP contribution in [0.2, 0.25) is 0 Å². The van der Waals surface area contributed by atoms with Crippen molar-refractivity contribution >= 4 is 29.0 Å². The number of aromatic nitrogens is 3. The van der Waals surface area contributed by atoms with Crippen LogP contribution in [0.5, 0.6) is 0 Å². The molecule has 120 valence electrons. The topological polar surface area (TPSA) is 99.0 Å². The summed E-state index contributed by atoms with van der Waals surface area (Å²) in [6, 6.07) is 7.27. The first-order chi connectivity index (χ1) is 11.1. The molecule has 0 aliphatic heterocycles. The van der Waals surface area contributed by atoms with Crippen molar-refractivity contribution in [1.29, 1.82) is 0 Å². The first-order valence-corrected chi connectivity index (χ1v) is 8.71. The third kappa shape index (κ3) is 3.57. The van der Waals surface area contributed by atoms with Gasteiger partial charge in [-0.15, -0.1) is 21.5 Å². The van der Waals surface area contributed by atoms with Gasteiger partial charge in [0, 0.05) is 0 Å². The fourth-order valence-electron chi connectivity index (χ4n) is 1.97. The number of nitrogens with one attached hydrogen (secondary N) is 1. The Labute approximate surface area is 140 Å². The van der Waals surface area contributed by atoms with E-state index in [1.807, 2.05) is 30.5 Å². The molecule has 1 unspecified atom stereocenters. The quantitative estimate of drug-likeness (QED) is 0.523. The van der Waals surface area contributed by atoms with Crippen molar-refractivity contribution in [3.63, 3.8) is 0 Å². The first kappa shape index (κ1) is 15.6. The molecule has 3 rings (SSSR count). The molecule has 0 aliphatic rings. The minimum absolute atomic E-state index is 0.125. The van der Waals surface area contributed by atoms with Gasteiger partial charge in [-0.05, 0) is 30.5 Å². The Bertz CT molecular complexity index is 767. The summed E-state index contributed by atoms with van der Waals surface area (Å²) < 4.78 is 6.66. The lowest BCUT2D eigenvalue weighted by molar-refractivity contribution is -0.119. The molecule has 0 aliphatic carbocycles. The summed E-state index contributed by atoms with van der Waals surface area (Å²) in [6.07, 6.45) is 1.58. The Hall–Kier alpha value is -2.26. The van der Waals surface area contributed by atoms with E-state index in [0.717, 1.165) is 4.88 Å². The Morgan fingerprint density at radius 2 is 2.35 bits per heavy atom. The normalized spacial score (nSPS) is 12.2. The second-order valence-electron chi connectivity index (χ2n) is 4.75. The summed E-state index contributed by atoms with van der Waals surface area (Å²) in [5.41, 5.74) is 0. The number of hydrogen-bond donors (Lipinski definition) is 2. The van der Waals surface area contributed by atoms with Crippen molar-refractivity contribution in [3.8, 4) is 10.7 Å². The van der Waals surface area contributed by atoms with Crippen molar-refractivity contribution < 1.29 is 9.21 Å². The van der Waals surface area contributed by atoms with Crippen molar-refractivity contribution in [2.24, 2.45) is 0 Å². The molecular formula is C14H15N5O2S2. The number of thioether (sulfide) groups is 1. The van der Waals surface area contributed by atoms with Gasteiger partial charge >= 0.3 is 0 Å². The van der Waals surface area contributed by atoms with Crippen LogP contribution in [0.1, 0.15) is 18.7 Å². The summed E-state index contributed by atoms with van der Waals surface area (Å²) in [6.45, 7) is 1.86. The van der Waals surface area contributed by atoms with Crippen molar-refractivity contribution in [2.75, 3.05) is 11.6 Å². The van der Waals surface area contributed by atoms with Gasteiger partial charge in [0.1, 0.15) is 5.76 Å². The number of carbonyl (C=O) groups is 1. The molecule has 0 radical (unpaired) electrons. The minimum atomic E-state index is -0.185. The van der Waals surface area contributed by atoms with Crippen LogP contribution in [0.25, 0.3) is 10.7 Å². The summed E-state index contributed by atoms with van der Waals surface area (Å²) in [5.74, 6) is 7.37. The lowest BCUT2D eigenvalue weighted by Gasteiger charge is -2.10. The molecule has 3 aromatic rings. The molecule has 9 heteroatoms. The fraction of sp³-hybridized carbons (Fsp3) is 0.214. The highest BCUT2D eigenvalue weighted by Gasteiger charge is 2.16. The second-order valence-corrected chi connectivity index (χ2v) is 6.64. The minimum Gasteiger partial charge on any atom is -0.467 e. The zero-order valence-electron chi connectivity index (χ0n) is 12.3. The lowest BCUT2D eigenvalue weighted by atomic mass is 10.2. The molecular weight excluding hydrogens is 334 g/mol. The highest BCUT2D eigenvalue weighted by Crippen LogP contribution is 2.25. The number of nitrogens with zero attached hydrogens (tertiary/aromatic N) is 3. The van der Waals surface area contributed by atoms with Crippen molar-refractivity contribution in [2.45, 2.75) is 18.1 Å². The molecule has 0 saturated heterocycles. The van der Waals surface area contributed by atoms with Gasteiger partial charge in [-0.1, -0.05) is 17.8 Å². The van der Waals surface area contributed by atoms with Crippen molar-refractivity contribution in [3.05, 3.63) is 41.7 Å². The average Bonchev–Trinajstić information content (AvgIpc) is 3.27. The van der Waals surface area contributed by atoms with Crippen LogP contribution in [-0.2, 0) is 4.79 Å². The Morgan fingerprint density at radius 3 is 3.04 bits per heavy atom. The van der Waals surface area contributed by atoms with E-state index in [2.05, 4.69) is 15.5 Å². The van der Waals surface area contributed by atoms with Gasteiger partial charge < -0.3 is 15.6 Å². The largest absolute Gasteiger partial charge is 0.467 e. The molecule has 0 fully saturated rings. The summed E-state index contributed by atoms with van der Waals surface area (Å²) in [4.78, 5) is 12.9. The predicted molar refractivity (Wildman–Crippen MR) is 89.5 cm³/mol. The number of nitrogens with two attached hydrogens (primary N) is 1. The van der Waals surface area contributed by atoms with Gasteiger partial charge in [-0.25, -0.2) is 4.68 Å². The maximum Gasteiger partial charge on any atom is 0.231 e. The highest BCUT2D eigenvalue weighted by molar-refractivity contribution is 7.99. The smallest absolute Gasteiger partial charge is 0.231 e. The first-order valence-electron chi connectivity index (χ1n) is 6.85. The number of carbonyl (C=O) groups excluding carboxylic acids is 1. The number of hydrogen-bond acceptors (Lipinski definition) is 7. The van der Waals surface area contributed by atoms with Crippen LogP contribution in [0.3, 0.4) is 0 Å². The highest BCUT2D eigenvalue weighted by atomic mass is 32.2. The average molecular weight is 349 g/mol. The van der Waals surface area contributed by atoms with E-state index in [1.165, 1.54) is 27.8 Å². The maximum atomic E-state index is 12.0. The molecule has 3 N–H and O–H groups in total. The molecule has 23 heavy (non-hydrogen) atoms. The molecule has 0 saturated carbocycles. The molecule has 1 atom stereocenters. The maximum absolute atomic E-state index is 12.0. The van der Waals surface area contributed by atoms with Gasteiger partial charge in [0.2, 0.25) is 11.1 Å². The van der Waals surface area contributed by atoms with E-state index >= 15 is 0 Å². The molecule has 3 heterocycles. The Morgan fingerprint density at radius 1 is 1.48 bits per heavy atom. The number of rotatable bonds is 6. The molecule has 7 nitrogen and oxygen atoms in total. The molecule has 1 amide bonds. The van der Waals surface area contributed by atoms with Gasteiger partial charge in [0.25, 0.3) is 0 Å². The third-order valence-corrected chi connectivity index (χ3v) is 4.89. The van der Waals surface area contributed by atoms with Crippen LogP contribution in [-0.4, -0.2) is 26.5 Å². The zero-order valence-corrected chi connectivity index (χ0v) is 13.9. The van der Waals surface area contributed by atoms with Gasteiger partial charge in [-0.3, -0.25) is 4.79 Å². The van der Waals surface area contributed by atoms with E-state index in [-0.39, 0.29) is 17.7 Å². The molecule has 0 bridgehead atoms. The second kappa shape index (κ2) is 6.88. The van der Waals surface area contributed by atoms with Crippen molar-refractivity contribution in [1.82, 2.24) is 20.2 Å². The number of thiophene rings is 1. The van der Waals surface area contributed by atoms with Gasteiger partial charge in [0.05, 0.1) is 22.9 Å². The molecule has 0 spiro atoms. The van der Waals surface area contributed by atoms with Crippen LogP contribution in [0.15, 0.2) is 45.5 Å². The number of amides is 1. The number of furan rings is 1. The van der Waals surface area contributed by atoms with E-state index in [1.54, 1.807) is 12.3 Å². The third-order valence-electron chi connectivity index (χ3n) is 3.09. The van der Waals surface area contributed by atoms with E-state index < -0.39 is 0 Å². The summed E-state index contributed by atoms with van der Waals surface area (Å²) >= 11 is 2.77. The summed E-state index contributed by atoms with van der Waals surface area (Å²) in [5, 5.41) is 13.4. The predicted octanol–water partition coefficient (Wildman–Crippen LogP) is 2.28. The Kier molecular flexibility index (Phi) is 4.68. The lowest BCUT2D eigenvalue weighted by Crippen LogP contribution is -2.28. The molecule has 0 aromatic carbocycles. The van der Waals surface area contributed by atoms with Gasteiger partial charge in [-0.2, -0.15) is 0 Å². The monoisotopic (exact) mass is 349 g/mol. The number of nitrogen functional groups attached to an aromatic ring is 1. The van der Waals surface area contributed by atoms with Crippen LogP contribution in [0, 0.1) is 0 Å². The van der Waals surface area contributed by atoms with Crippen LogP contribution < -0.4 is 11.2 Å². The van der Waals surface area contributed by atoms with E-state index in [9.17, 15) is 4.79 Å².